The van der Waals surface area contributed by atoms with Gasteiger partial charge >= 0.3 is 5.97 Å². The number of ketones is 1. The van der Waals surface area contributed by atoms with Crippen LogP contribution in [-0.2, 0) is 9.59 Å². The Bertz CT molecular complexity index is 1030. The lowest BCUT2D eigenvalue weighted by Crippen LogP contribution is -2.65. The van der Waals surface area contributed by atoms with Gasteiger partial charge in [-0.3, -0.25) is 9.59 Å². The Morgan fingerprint density at radius 3 is 2.24 bits per heavy atom. The molecule has 34 heavy (non-hydrogen) atoms. The minimum absolute atomic E-state index is 0.00405. The Morgan fingerprint density at radius 2 is 1.56 bits per heavy atom. The third kappa shape index (κ3) is 2.28. The molecule has 0 aliphatic heterocycles. The lowest BCUT2D eigenvalue weighted by atomic mass is 9.34. The Hall–Kier alpha value is -1.16. The van der Waals surface area contributed by atoms with E-state index in [1.165, 1.54) is 5.57 Å². The quantitative estimate of drug-likeness (QED) is 0.483. The molecule has 4 heteroatoms. The summed E-state index contributed by atoms with van der Waals surface area (Å²) in [4.78, 5) is 26.5. The first-order valence-electron chi connectivity index (χ1n) is 13.8. The highest BCUT2D eigenvalue weighted by Gasteiger charge is 2.82. The number of aliphatic hydroxyl groups excluding tert-OH is 1. The van der Waals surface area contributed by atoms with Crippen molar-refractivity contribution in [2.75, 3.05) is 0 Å². The number of carbonyl (C=O) groups excluding carboxylic acids is 1. The van der Waals surface area contributed by atoms with Crippen LogP contribution in [0.15, 0.2) is 11.6 Å². The van der Waals surface area contributed by atoms with E-state index in [9.17, 15) is 19.8 Å². The van der Waals surface area contributed by atoms with E-state index in [-0.39, 0.29) is 50.4 Å². The van der Waals surface area contributed by atoms with Crippen LogP contribution in [0.1, 0.15) is 106 Å². The molecule has 0 aromatic carbocycles. The van der Waals surface area contributed by atoms with Crippen molar-refractivity contribution < 1.29 is 19.8 Å². The van der Waals surface area contributed by atoms with Gasteiger partial charge in [-0.05, 0) is 110 Å². The predicted molar refractivity (Wildman–Crippen MR) is 131 cm³/mol. The fourth-order valence-corrected chi connectivity index (χ4v) is 11.2. The summed E-state index contributed by atoms with van der Waals surface area (Å²) < 4.78 is 0. The van der Waals surface area contributed by atoms with Crippen molar-refractivity contribution in [1.29, 1.82) is 0 Å². The molecule has 1 spiro atoms. The molecular weight excluding hydrogens is 424 g/mol. The minimum Gasteiger partial charge on any atom is -0.481 e. The maximum atomic E-state index is 14.3. The van der Waals surface area contributed by atoms with Crippen LogP contribution >= 0.6 is 0 Å². The summed E-state index contributed by atoms with van der Waals surface area (Å²) in [6, 6.07) is 0. The molecule has 0 bridgehead atoms. The number of carboxylic acid groups (broad SMARTS) is 1. The third-order valence-electron chi connectivity index (χ3n) is 14.1. The molecule has 0 aromatic heterocycles. The van der Waals surface area contributed by atoms with Crippen LogP contribution in [0.25, 0.3) is 0 Å². The van der Waals surface area contributed by atoms with Crippen molar-refractivity contribution in [1.82, 2.24) is 0 Å². The highest BCUT2D eigenvalue weighted by atomic mass is 16.4. The summed E-state index contributed by atoms with van der Waals surface area (Å²) in [6.45, 7) is 13.8. The van der Waals surface area contributed by atoms with E-state index in [4.69, 9.17) is 0 Å². The van der Waals surface area contributed by atoms with Crippen molar-refractivity contribution in [3.63, 3.8) is 0 Å². The zero-order valence-corrected chi connectivity index (χ0v) is 22.1. The lowest BCUT2D eigenvalue weighted by molar-refractivity contribution is -0.188. The van der Waals surface area contributed by atoms with Gasteiger partial charge in [0.1, 0.15) is 0 Å². The van der Waals surface area contributed by atoms with Gasteiger partial charge < -0.3 is 10.2 Å². The van der Waals surface area contributed by atoms with E-state index in [0.29, 0.717) is 12.2 Å². The molecule has 5 saturated carbocycles. The molecule has 0 radical (unpaired) electrons. The largest absolute Gasteiger partial charge is 0.481 e. The number of hydrogen-bond acceptors (Lipinski definition) is 3. The summed E-state index contributed by atoms with van der Waals surface area (Å²) in [5, 5.41) is 21.0. The second kappa shape index (κ2) is 6.21. The second-order valence-electron chi connectivity index (χ2n) is 15.1. The van der Waals surface area contributed by atoms with Gasteiger partial charge in [0, 0.05) is 11.3 Å². The Balaban J connectivity index is 1.47. The topological polar surface area (TPSA) is 74.6 Å². The fourth-order valence-electron chi connectivity index (χ4n) is 11.2. The molecule has 2 unspecified atom stereocenters. The average Bonchev–Trinajstić information content (AvgIpc) is 3.41. The molecule has 0 heterocycles. The SMILES string of the molecule is CC12C[C@]13CC[C@]1(C)[C@H](C(=O)C=C4[C@@H]5C[C@@](C)(C(=O)O)CC[C@]5(C)CCC41C)[C@@]3(C)CC[C@@H]2O. The summed E-state index contributed by atoms with van der Waals surface area (Å²) in [7, 11) is 0. The second-order valence-corrected chi connectivity index (χ2v) is 15.1. The maximum absolute atomic E-state index is 14.3. The monoisotopic (exact) mass is 468 g/mol. The Morgan fingerprint density at radius 1 is 0.882 bits per heavy atom. The molecule has 0 saturated heterocycles. The number of carbonyl (C=O) groups is 2. The first-order valence-corrected chi connectivity index (χ1v) is 13.8. The number of allylic oxidation sites excluding steroid dienone is 2. The highest BCUT2D eigenvalue weighted by Crippen LogP contribution is 2.86. The van der Waals surface area contributed by atoms with E-state index in [0.717, 1.165) is 57.8 Å². The standard InChI is InChI=1S/C30H44O4/c1-24-9-10-25(2,23(33)34)16-19(24)18-15-20(31)22-27(4,26(18,3)12-11-24)13-14-30-17-29(30,6)21(32)7-8-28(22,30)5/h15,19,21-22,32H,7-14,16-17H2,1-6H3,(H,33,34)/t19-,21-,22-,24+,25-,26?,27+,28+,29?,30-/m0/s1. The molecule has 0 aromatic rings. The van der Waals surface area contributed by atoms with Crippen LogP contribution < -0.4 is 0 Å². The molecular formula is C30H44O4. The van der Waals surface area contributed by atoms with Gasteiger partial charge in [0.15, 0.2) is 5.78 Å². The van der Waals surface area contributed by atoms with E-state index in [1.807, 2.05) is 13.0 Å². The van der Waals surface area contributed by atoms with E-state index in [1.54, 1.807) is 0 Å². The van der Waals surface area contributed by atoms with Crippen molar-refractivity contribution in [3.8, 4) is 0 Å². The lowest BCUT2D eigenvalue weighted by Gasteiger charge is -2.69. The maximum Gasteiger partial charge on any atom is 0.309 e. The first-order chi connectivity index (χ1) is 15.6. The molecule has 2 N–H and O–H groups in total. The first kappa shape index (κ1) is 23.3. The van der Waals surface area contributed by atoms with Gasteiger partial charge in [-0.1, -0.05) is 40.2 Å². The number of hydrogen-bond donors (Lipinski definition) is 2. The van der Waals surface area contributed by atoms with Crippen molar-refractivity contribution in [2.24, 2.45) is 49.7 Å². The van der Waals surface area contributed by atoms with E-state index in [2.05, 4.69) is 34.6 Å². The zero-order valence-electron chi connectivity index (χ0n) is 22.1. The van der Waals surface area contributed by atoms with Crippen LogP contribution in [-0.4, -0.2) is 28.1 Å². The summed E-state index contributed by atoms with van der Waals surface area (Å²) >= 11 is 0. The number of carboxylic acids is 1. The molecule has 4 nitrogen and oxygen atoms in total. The number of rotatable bonds is 1. The highest BCUT2D eigenvalue weighted by molar-refractivity contribution is 5.96. The summed E-state index contributed by atoms with van der Waals surface area (Å²) in [5.74, 6) is -0.217. The molecule has 6 aliphatic carbocycles. The molecule has 188 valence electrons. The summed E-state index contributed by atoms with van der Waals surface area (Å²) in [5.41, 5.74) is 0.469. The Kier molecular flexibility index (Phi) is 4.25. The summed E-state index contributed by atoms with van der Waals surface area (Å²) in [6.07, 6.45) is 11.3. The van der Waals surface area contributed by atoms with Crippen LogP contribution in [0.5, 0.6) is 0 Å². The third-order valence-corrected chi connectivity index (χ3v) is 14.1. The predicted octanol–water partition coefficient (Wildman–Crippen LogP) is 6.17. The van der Waals surface area contributed by atoms with Gasteiger partial charge in [-0.2, -0.15) is 0 Å². The van der Waals surface area contributed by atoms with E-state index < -0.39 is 11.4 Å². The van der Waals surface area contributed by atoms with Crippen molar-refractivity contribution >= 4 is 11.8 Å². The molecule has 6 aliphatic rings. The van der Waals surface area contributed by atoms with Crippen molar-refractivity contribution in [3.05, 3.63) is 11.6 Å². The van der Waals surface area contributed by atoms with Gasteiger partial charge in [0.25, 0.3) is 0 Å². The fraction of sp³-hybridized carbons (Fsp3) is 0.867. The van der Waals surface area contributed by atoms with Crippen LogP contribution in [0, 0.1) is 49.7 Å². The molecule has 10 atom stereocenters. The zero-order chi connectivity index (χ0) is 24.7. The number of fused-ring (bicyclic) bond motifs is 6. The van der Waals surface area contributed by atoms with Crippen LogP contribution in [0.4, 0.5) is 0 Å². The van der Waals surface area contributed by atoms with Crippen LogP contribution in [0.3, 0.4) is 0 Å². The molecule has 5 fully saturated rings. The molecule has 6 rings (SSSR count). The normalized spacial score (nSPS) is 60.0. The number of aliphatic carboxylic acids is 1. The number of aliphatic hydroxyl groups is 1. The minimum atomic E-state index is -0.706. The van der Waals surface area contributed by atoms with Crippen molar-refractivity contribution in [2.45, 2.75) is 112 Å². The Labute approximate surface area is 205 Å². The average molecular weight is 469 g/mol. The van der Waals surface area contributed by atoms with Gasteiger partial charge in [-0.15, -0.1) is 0 Å². The smallest absolute Gasteiger partial charge is 0.309 e. The van der Waals surface area contributed by atoms with Gasteiger partial charge in [-0.25, -0.2) is 0 Å². The van der Waals surface area contributed by atoms with Crippen LogP contribution in [0.2, 0.25) is 0 Å². The van der Waals surface area contributed by atoms with E-state index >= 15 is 0 Å². The van der Waals surface area contributed by atoms with Gasteiger partial charge in [0.05, 0.1) is 11.5 Å². The molecule has 0 amide bonds. The van der Waals surface area contributed by atoms with Gasteiger partial charge in [0.2, 0.25) is 0 Å².